The van der Waals surface area contributed by atoms with Crippen LogP contribution in [0.5, 0.6) is 11.5 Å². The Bertz CT molecular complexity index is 465. The molecule has 1 aromatic carbocycles. The standard InChI is InChI=1S/C15H22ClNO3/c1-9(2)6-12(17)14(18)10-7-11(16)15-13(8-10)19-4-3-5-20-15/h7-9,12,14,18H,3-6,17H2,1-2H3. The van der Waals surface area contributed by atoms with E-state index < -0.39 is 6.10 Å². The lowest BCUT2D eigenvalue weighted by molar-refractivity contribution is 0.135. The summed E-state index contributed by atoms with van der Waals surface area (Å²) in [7, 11) is 0. The third-order valence-corrected chi connectivity index (χ3v) is 3.60. The Kier molecular flexibility index (Phi) is 5.13. The van der Waals surface area contributed by atoms with E-state index in [0.29, 0.717) is 41.2 Å². The van der Waals surface area contributed by atoms with Crippen molar-refractivity contribution >= 4 is 11.6 Å². The first-order chi connectivity index (χ1) is 9.49. The van der Waals surface area contributed by atoms with E-state index in [0.717, 1.165) is 12.8 Å². The van der Waals surface area contributed by atoms with Crippen LogP contribution in [0.1, 0.15) is 38.4 Å². The maximum Gasteiger partial charge on any atom is 0.179 e. The number of benzene rings is 1. The zero-order valence-corrected chi connectivity index (χ0v) is 12.7. The highest BCUT2D eigenvalue weighted by atomic mass is 35.5. The molecule has 2 unspecified atom stereocenters. The number of rotatable bonds is 4. The van der Waals surface area contributed by atoms with Gasteiger partial charge in [-0.25, -0.2) is 0 Å². The number of nitrogens with two attached hydrogens (primary N) is 1. The second-order valence-electron chi connectivity index (χ2n) is 5.62. The maximum absolute atomic E-state index is 10.4. The van der Waals surface area contributed by atoms with Crippen LogP contribution in [-0.4, -0.2) is 24.4 Å². The zero-order valence-electron chi connectivity index (χ0n) is 11.9. The monoisotopic (exact) mass is 299 g/mol. The molecule has 0 saturated heterocycles. The van der Waals surface area contributed by atoms with Crippen molar-refractivity contribution in [1.82, 2.24) is 0 Å². The fraction of sp³-hybridized carbons (Fsp3) is 0.600. The molecule has 1 aliphatic rings. The second kappa shape index (κ2) is 6.66. The van der Waals surface area contributed by atoms with E-state index in [9.17, 15) is 5.11 Å². The average Bonchev–Trinajstić information content (AvgIpc) is 2.62. The minimum atomic E-state index is -0.757. The number of hydrogen-bond acceptors (Lipinski definition) is 4. The number of aliphatic hydroxyl groups is 1. The number of aliphatic hydroxyl groups excluding tert-OH is 1. The first-order valence-corrected chi connectivity index (χ1v) is 7.39. The fourth-order valence-electron chi connectivity index (χ4n) is 2.34. The molecule has 1 heterocycles. The van der Waals surface area contributed by atoms with Crippen molar-refractivity contribution in [2.24, 2.45) is 11.7 Å². The van der Waals surface area contributed by atoms with Crippen molar-refractivity contribution in [3.05, 3.63) is 22.7 Å². The molecule has 112 valence electrons. The molecule has 20 heavy (non-hydrogen) atoms. The molecule has 3 N–H and O–H groups in total. The molecule has 1 aromatic rings. The van der Waals surface area contributed by atoms with Gasteiger partial charge in [0, 0.05) is 12.5 Å². The van der Waals surface area contributed by atoms with Gasteiger partial charge in [0.1, 0.15) is 0 Å². The predicted octanol–water partition coefficient (Wildman–Crippen LogP) is 2.91. The summed E-state index contributed by atoms with van der Waals surface area (Å²) in [5.41, 5.74) is 6.72. The predicted molar refractivity (Wildman–Crippen MR) is 79.4 cm³/mol. The summed E-state index contributed by atoms with van der Waals surface area (Å²) in [5, 5.41) is 10.8. The lowest BCUT2D eigenvalue weighted by atomic mass is 9.95. The molecule has 0 aromatic heterocycles. The van der Waals surface area contributed by atoms with Crippen molar-refractivity contribution in [2.45, 2.75) is 38.8 Å². The van der Waals surface area contributed by atoms with E-state index in [2.05, 4.69) is 13.8 Å². The molecular weight excluding hydrogens is 278 g/mol. The Hall–Kier alpha value is -0.970. The first kappa shape index (κ1) is 15.4. The highest BCUT2D eigenvalue weighted by Crippen LogP contribution is 2.39. The Morgan fingerprint density at radius 1 is 1.30 bits per heavy atom. The van der Waals surface area contributed by atoms with E-state index in [1.54, 1.807) is 12.1 Å². The lowest BCUT2D eigenvalue weighted by Crippen LogP contribution is -2.29. The van der Waals surface area contributed by atoms with Crippen LogP contribution in [0, 0.1) is 5.92 Å². The maximum atomic E-state index is 10.4. The van der Waals surface area contributed by atoms with Gasteiger partial charge in [0.15, 0.2) is 11.5 Å². The summed E-state index contributed by atoms with van der Waals surface area (Å²) < 4.78 is 11.2. The SMILES string of the molecule is CC(C)CC(N)C(O)c1cc(Cl)c2c(c1)OCCCO2. The van der Waals surface area contributed by atoms with Crippen molar-refractivity contribution in [3.63, 3.8) is 0 Å². The molecule has 2 atom stereocenters. The Morgan fingerprint density at radius 3 is 2.70 bits per heavy atom. The molecule has 0 fully saturated rings. The minimum Gasteiger partial charge on any atom is -0.489 e. The molecule has 0 aliphatic carbocycles. The van der Waals surface area contributed by atoms with Crippen molar-refractivity contribution in [3.8, 4) is 11.5 Å². The summed E-state index contributed by atoms with van der Waals surface area (Å²) in [6, 6.07) is 3.16. The minimum absolute atomic E-state index is 0.323. The molecule has 0 amide bonds. The molecule has 0 saturated carbocycles. The van der Waals surface area contributed by atoms with E-state index in [4.69, 9.17) is 26.8 Å². The third kappa shape index (κ3) is 3.57. The quantitative estimate of drug-likeness (QED) is 0.897. The second-order valence-corrected chi connectivity index (χ2v) is 6.03. The highest BCUT2D eigenvalue weighted by Gasteiger charge is 2.22. The van der Waals surface area contributed by atoms with Crippen LogP contribution in [0.3, 0.4) is 0 Å². The van der Waals surface area contributed by atoms with Crippen LogP contribution in [0.25, 0.3) is 0 Å². The van der Waals surface area contributed by atoms with Crippen molar-refractivity contribution in [2.75, 3.05) is 13.2 Å². The molecule has 2 rings (SSSR count). The summed E-state index contributed by atoms with van der Waals surface area (Å²) in [5.74, 6) is 1.56. The molecule has 4 nitrogen and oxygen atoms in total. The van der Waals surface area contributed by atoms with Crippen LogP contribution in [-0.2, 0) is 0 Å². The smallest absolute Gasteiger partial charge is 0.179 e. The molecule has 0 spiro atoms. The van der Waals surface area contributed by atoms with Gasteiger partial charge in [-0.1, -0.05) is 25.4 Å². The first-order valence-electron chi connectivity index (χ1n) is 7.01. The number of hydrogen-bond donors (Lipinski definition) is 2. The normalized spacial score (nSPS) is 17.7. The van der Waals surface area contributed by atoms with Crippen LogP contribution in [0.15, 0.2) is 12.1 Å². The number of fused-ring (bicyclic) bond motifs is 1. The molecular formula is C15H22ClNO3. The van der Waals surface area contributed by atoms with Crippen molar-refractivity contribution in [1.29, 1.82) is 0 Å². The molecule has 1 aliphatic heterocycles. The zero-order chi connectivity index (χ0) is 14.7. The van der Waals surface area contributed by atoms with Crippen LogP contribution < -0.4 is 15.2 Å². The Labute approximate surface area is 124 Å². The van der Waals surface area contributed by atoms with E-state index >= 15 is 0 Å². The summed E-state index contributed by atoms with van der Waals surface area (Å²) >= 11 is 6.22. The van der Waals surface area contributed by atoms with Crippen molar-refractivity contribution < 1.29 is 14.6 Å². The van der Waals surface area contributed by atoms with E-state index in [-0.39, 0.29) is 6.04 Å². The van der Waals surface area contributed by atoms with E-state index in [1.165, 1.54) is 0 Å². The summed E-state index contributed by atoms with van der Waals surface area (Å²) in [4.78, 5) is 0. The molecule has 0 bridgehead atoms. The Morgan fingerprint density at radius 2 is 2.00 bits per heavy atom. The number of halogens is 1. The van der Waals surface area contributed by atoms with Gasteiger partial charge in [-0.15, -0.1) is 0 Å². The molecule has 5 heteroatoms. The highest BCUT2D eigenvalue weighted by molar-refractivity contribution is 6.32. The van der Waals surface area contributed by atoms with E-state index in [1.807, 2.05) is 0 Å². The van der Waals surface area contributed by atoms with Gasteiger partial charge in [-0.05, 0) is 30.0 Å². The van der Waals surface area contributed by atoms with Gasteiger partial charge in [-0.3, -0.25) is 0 Å². The largest absolute Gasteiger partial charge is 0.489 e. The van der Waals surface area contributed by atoms with Gasteiger partial charge >= 0.3 is 0 Å². The fourth-order valence-corrected chi connectivity index (χ4v) is 2.62. The lowest BCUT2D eigenvalue weighted by Gasteiger charge is -2.22. The molecule has 0 radical (unpaired) electrons. The van der Waals surface area contributed by atoms with Gasteiger partial charge < -0.3 is 20.3 Å². The third-order valence-electron chi connectivity index (χ3n) is 3.32. The summed E-state index contributed by atoms with van der Waals surface area (Å²) in [6.07, 6.45) is 0.801. The van der Waals surface area contributed by atoms with Gasteiger partial charge in [0.05, 0.1) is 24.3 Å². The average molecular weight is 300 g/mol. The topological polar surface area (TPSA) is 64.7 Å². The van der Waals surface area contributed by atoms with Crippen LogP contribution >= 0.6 is 11.6 Å². The Balaban J connectivity index is 2.24. The summed E-state index contributed by atoms with van der Waals surface area (Å²) in [6.45, 7) is 5.32. The van der Waals surface area contributed by atoms with Gasteiger partial charge in [0.25, 0.3) is 0 Å². The number of ether oxygens (including phenoxy) is 2. The van der Waals surface area contributed by atoms with Gasteiger partial charge in [-0.2, -0.15) is 0 Å². The van der Waals surface area contributed by atoms with Crippen LogP contribution in [0.4, 0.5) is 0 Å². The van der Waals surface area contributed by atoms with Gasteiger partial charge in [0.2, 0.25) is 0 Å². The van der Waals surface area contributed by atoms with Crippen LogP contribution in [0.2, 0.25) is 5.02 Å².